The fourth-order valence-electron chi connectivity index (χ4n) is 0.312. The third-order valence-corrected chi connectivity index (χ3v) is 0.653. The zero-order chi connectivity index (χ0) is 6.24. The molecule has 8 heavy (non-hydrogen) atoms. The van der Waals surface area contributed by atoms with E-state index >= 15 is 0 Å². The normalized spacial score (nSPS) is 10.2. The van der Waals surface area contributed by atoms with E-state index in [1.54, 1.807) is 6.26 Å². The van der Waals surface area contributed by atoms with E-state index in [0.29, 0.717) is 13.0 Å². The van der Waals surface area contributed by atoms with Gasteiger partial charge in [-0.3, -0.25) is 0 Å². The van der Waals surface area contributed by atoms with E-state index in [0.717, 1.165) is 0 Å². The summed E-state index contributed by atoms with van der Waals surface area (Å²) in [6.07, 6.45) is 4.15. The third kappa shape index (κ3) is 5.50. The molecule has 0 atom stereocenters. The van der Waals surface area contributed by atoms with Crippen molar-refractivity contribution in [2.24, 2.45) is 0 Å². The summed E-state index contributed by atoms with van der Waals surface area (Å²) in [5, 5.41) is 8.26. The summed E-state index contributed by atoms with van der Waals surface area (Å²) in [4.78, 5) is 0. The van der Waals surface area contributed by atoms with Crippen LogP contribution in [0.1, 0.15) is 13.3 Å². The second-order valence-electron chi connectivity index (χ2n) is 1.42. The van der Waals surface area contributed by atoms with Crippen molar-refractivity contribution < 1.29 is 9.84 Å². The first-order chi connectivity index (χ1) is 3.91. The highest BCUT2D eigenvalue weighted by atomic mass is 16.5. The van der Waals surface area contributed by atoms with Crippen LogP contribution >= 0.6 is 0 Å². The molecule has 0 aromatic rings. The molecule has 0 radical (unpaired) electrons. The molecule has 0 spiro atoms. The molecule has 2 heteroatoms. The fourth-order valence-corrected chi connectivity index (χ4v) is 0.312. The minimum absolute atomic E-state index is 0.206. The largest absolute Gasteiger partial charge is 0.501 e. The van der Waals surface area contributed by atoms with Gasteiger partial charge in [0, 0.05) is 13.0 Å². The van der Waals surface area contributed by atoms with Crippen LogP contribution in [-0.2, 0) is 4.74 Å². The Kier molecular flexibility index (Phi) is 6.09. The van der Waals surface area contributed by atoms with Gasteiger partial charge in [-0.15, -0.1) is 0 Å². The lowest BCUT2D eigenvalue weighted by Crippen LogP contribution is -1.90. The molecule has 0 amide bonds. The van der Waals surface area contributed by atoms with Crippen molar-refractivity contribution in [1.29, 1.82) is 0 Å². The van der Waals surface area contributed by atoms with E-state index in [9.17, 15) is 0 Å². The molecule has 0 saturated carbocycles. The van der Waals surface area contributed by atoms with Crippen molar-refractivity contribution in [2.75, 3.05) is 13.2 Å². The Bertz CT molecular complexity index is 59.5. The predicted molar refractivity (Wildman–Crippen MR) is 32.5 cm³/mol. The number of hydrogen-bond acceptors (Lipinski definition) is 2. The van der Waals surface area contributed by atoms with Gasteiger partial charge >= 0.3 is 0 Å². The van der Waals surface area contributed by atoms with Gasteiger partial charge in [0.25, 0.3) is 0 Å². The SMILES string of the molecule is C/C=C/OCCCO. The van der Waals surface area contributed by atoms with Gasteiger partial charge in [0.05, 0.1) is 12.9 Å². The summed E-state index contributed by atoms with van der Waals surface area (Å²) in [6, 6.07) is 0. The molecule has 0 aromatic carbocycles. The number of aliphatic hydroxyl groups excluding tert-OH is 1. The van der Waals surface area contributed by atoms with Crippen molar-refractivity contribution in [3.63, 3.8) is 0 Å². The van der Waals surface area contributed by atoms with Gasteiger partial charge < -0.3 is 9.84 Å². The van der Waals surface area contributed by atoms with Gasteiger partial charge in [0.2, 0.25) is 0 Å². The van der Waals surface area contributed by atoms with E-state index in [1.165, 1.54) is 0 Å². The smallest absolute Gasteiger partial charge is 0.0895 e. The third-order valence-electron chi connectivity index (χ3n) is 0.653. The Balaban J connectivity index is 2.72. The summed E-state index contributed by atoms with van der Waals surface area (Å²) >= 11 is 0. The first-order valence-electron chi connectivity index (χ1n) is 2.75. The molecule has 2 nitrogen and oxygen atoms in total. The maximum atomic E-state index is 8.26. The Morgan fingerprint density at radius 3 is 2.88 bits per heavy atom. The second-order valence-corrected chi connectivity index (χ2v) is 1.42. The molecule has 0 saturated heterocycles. The van der Waals surface area contributed by atoms with E-state index in [4.69, 9.17) is 9.84 Å². The molecular weight excluding hydrogens is 104 g/mol. The Hall–Kier alpha value is -0.500. The van der Waals surface area contributed by atoms with Crippen LogP contribution in [0.5, 0.6) is 0 Å². The van der Waals surface area contributed by atoms with E-state index < -0.39 is 0 Å². The average molecular weight is 116 g/mol. The van der Waals surface area contributed by atoms with Crippen molar-refractivity contribution in [1.82, 2.24) is 0 Å². The Morgan fingerprint density at radius 1 is 1.62 bits per heavy atom. The number of allylic oxidation sites excluding steroid dienone is 1. The van der Waals surface area contributed by atoms with Crippen molar-refractivity contribution in [3.8, 4) is 0 Å². The molecule has 0 rings (SSSR count). The second kappa shape index (κ2) is 6.50. The van der Waals surface area contributed by atoms with Crippen LogP contribution in [0.2, 0.25) is 0 Å². The zero-order valence-electron chi connectivity index (χ0n) is 5.13. The number of ether oxygens (including phenoxy) is 1. The lowest BCUT2D eigenvalue weighted by Gasteiger charge is -1.94. The van der Waals surface area contributed by atoms with Crippen LogP contribution in [-0.4, -0.2) is 18.3 Å². The van der Waals surface area contributed by atoms with Crippen LogP contribution in [0.4, 0.5) is 0 Å². The molecule has 0 unspecified atom stereocenters. The topological polar surface area (TPSA) is 29.5 Å². The highest BCUT2D eigenvalue weighted by Crippen LogP contribution is 1.80. The minimum atomic E-state index is 0.206. The molecule has 0 heterocycles. The maximum Gasteiger partial charge on any atom is 0.0895 e. The van der Waals surface area contributed by atoms with Gasteiger partial charge in [-0.1, -0.05) is 6.08 Å². The summed E-state index contributed by atoms with van der Waals surface area (Å²) in [7, 11) is 0. The predicted octanol–water partition coefficient (Wildman–Crippen LogP) is 0.919. The molecule has 48 valence electrons. The quantitative estimate of drug-likeness (QED) is 0.437. The molecule has 0 aromatic heterocycles. The molecular formula is C6H12O2. The molecule has 1 N–H and O–H groups in total. The van der Waals surface area contributed by atoms with Crippen molar-refractivity contribution in [2.45, 2.75) is 13.3 Å². The Labute approximate surface area is 49.8 Å². The summed E-state index contributed by atoms with van der Waals surface area (Å²) in [6.45, 7) is 2.71. The average Bonchev–Trinajstić information content (AvgIpc) is 1.81. The Morgan fingerprint density at radius 2 is 2.38 bits per heavy atom. The van der Waals surface area contributed by atoms with Crippen molar-refractivity contribution in [3.05, 3.63) is 12.3 Å². The molecule has 0 bridgehead atoms. The van der Waals surface area contributed by atoms with E-state index in [1.807, 2.05) is 13.0 Å². The number of hydrogen-bond donors (Lipinski definition) is 1. The number of rotatable bonds is 4. The van der Waals surface area contributed by atoms with Crippen molar-refractivity contribution >= 4 is 0 Å². The molecule has 0 fully saturated rings. The van der Waals surface area contributed by atoms with Gasteiger partial charge in [0.1, 0.15) is 0 Å². The van der Waals surface area contributed by atoms with Crippen LogP contribution in [0.3, 0.4) is 0 Å². The standard InChI is InChI=1S/C6H12O2/c1-2-5-8-6-3-4-7/h2,5,7H,3-4,6H2,1H3/b5-2+. The summed E-state index contributed by atoms with van der Waals surface area (Å²) in [5.74, 6) is 0. The van der Waals surface area contributed by atoms with Gasteiger partial charge in [-0.05, 0) is 6.92 Å². The maximum absolute atomic E-state index is 8.26. The lowest BCUT2D eigenvalue weighted by molar-refractivity contribution is 0.199. The first-order valence-corrected chi connectivity index (χ1v) is 2.75. The minimum Gasteiger partial charge on any atom is -0.501 e. The monoisotopic (exact) mass is 116 g/mol. The van der Waals surface area contributed by atoms with Gasteiger partial charge in [-0.25, -0.2) is 0 Å². The molecule has 0 aliphatic heterocycles. The summed E-state index contributed by atoms with van der Waals surface area (Å²) in [5.41, 5.74) is 0. The molecule has 0 aliphatic carbocycles. The zero-order valence-corrected chi connectivity index (χ0v) is 5.13. The van der Waals surface area contributed by atoms with Crippen LogP contribution in [0, 0.1) is 0 Å². The number of aliphatic hydroxyl groups is 1. The van der Waals surface area contributed by atoms with Crippen LogP contribution in [0.25, 0.3) is 0 Å². The highest BCUT2D eigenvalue weighted by Gasteiger charge is 1.78. The lowest BCUT2D eigenvalue weighted by atomic mass is 10.5. The van der Waals surface area contributed by atoms with Crippen LogP contribution < -0.4 is 0 Å². The fraction of sp³-hybridized carbons (Fsp3) is 0.667. The van der Waals surface area contributed by atoms with E-state index in [2.05, 4.69) is 0 Å². The highest BCUT2D eigenvalue weighted by molar-refractivity contribution is 4.64. The summed E-state index contributed by atoms with van der Waals surface area (Å²) < 4.78 is 4.88. The van der Waals surface area contributed by atoms with Gasteiger partial charge in [0.15, 0.2) is 0 Å². The van der Waals surface area contributed by atoms with Gasteiger partial charge in [-0.2, -0.15) is 0 Å². The van der Waals surface area contributed by atoms with Crippen LogP contribution in [0.15, 0.2) is 12.3 Å². The van der Waals surface area contributed by atoms with E-state index in [-0.39, 0.29) is 6.61 Å². The first kappa shape index (κ1) is 7.50. The molecule has 0 aliphatic rings.